The van der Waals surface area contributed by atoms with Crippen LogP contribution >= 0.6 is 0 Å². The Morgan fingerprint density at radius 1 is 0.613 bits per heavy atom. The topological polar surface area (TPSA) is 18.5 Å². The van der Waals surface area contributed by atoms with Crippen LogP contribution in [-0.2, 0) is 0 Å². The lowest BCUT2D eigenvalue weighted by Crippen LogP contribution is -2.15. The Bertz CT molecular complexity index is 699. The number of benzene rings is 2. The molecule has 1 aliphatic carbocycles. The normalized spacial score (nSPS) is 14.5. The van der Waals surface area contributed by atoms with E-state index in [1.165, 1.54) is 88.2 Å². The smallest absolute Gasteiger partial charge is 0.119 e. The molecule has 0 radical (unpaired) electrons. The van der Waals surface area contributed by atoms with E-state index >= 15 is 0 Å². The Hall–Kier alpha value is -1.96. The molecule has 0 heterocycles. The summed E-state index contributed by atoms with van der Waals surface area (Å²) in [4.78, 5) is 0. The highest BCUT2D eigenvalue weighted by molar-refractivity contribution is 5.64. The summed E-state index contributed by atoms with van der Waals surface area (Å²) in [5.74, 6) is 2.70. The molecule has 2 heteroatoms. The van der Waals surface area contributed by atoms with Gasteiger partial charge in [0.05, 0.1) is 13.2 Å². The lowest BCUT2D eigenvalue weighted by Gasteiger charge is -2.21. The third kappa shape index (κ3) is 8.97. The monoisotopic (exact) mass is 422 g/mol. The maximum atomic E-state index is 6.03. The van der Waals surface area contributed by atoms with E-state index in [1.54, 1.807) is 0 Å². The van der Waals surface area contributed by atoms with E-state index in [2.05, 4.69) is 55.5 Å². The molecule has 1 aliphatic rings. The van der Waals surface area contributed by atoms with Crippen molar-refractivity contribution in [3.05, 3.63) is 48.5 Å². The van der Waals surface area contributed by atoms with Crippen molar-refractivity contribution >= 4 is 0 Å². The highest BCUT2D eigenvalue weighted by Gasteiger charge is 2.13. The maximum absolute atomic E-state index is 6.03. The van der Waals surface area contributed by atoms with Crippen LogP contribution in [-0.4, -0.2) is 13.2 Å². The van der Waals surface area contributed by atoms with Crippen molar-refractivity contribution in [3.8, 4) is 22.6 Å². The van der Waals surface area contributed by atoms with Crippen molar-refractivity contribution in [1.29, 1.82) is 0 Å². The van der Waals surface area contributed by atoms with Crippen molar-refractivity contribution < 1.29 is 9.47 Å². The minimum absolute atomic E-state index is 0.742. The van der Waals surface area contributed by atoms with Gasteiger partial charge in [-0.15, -0.1) is 0 Å². The van der Waals surface area contributed by atoms with Crippen LogP contribution in [0.25, 0.3) is 11.1 Å². The Balaban J connectivity index is 1.33. The van der Waals surface area contributed by atoms with Gasteiger partial charge in [-0.2, -0.15) is 0 Å². The lowest BCUT2D eigenvalue weighted by molar-refractivity contribution is 0.209. The van der Waals surface area contributed by atoms with Crippen LogP contribution in [0.15, 0.2) is 48.5 Å². The van der Waals surface area contributed by atoms with E-state index in [-0.39, 0.29) is 0 Å². The van der Waals surface area contributed by atoms with Crippen LogP contribution in [0, 0.1) is 5.92 Å². The zero-order valence-corrected chi connectivity index (χ0v) is 19.6. The molecule has 2 nitrogen and oxygen atoms in total. The molecular weight excluding hydrogens is 380 g/mol. The first-order valence-electron chi connectivity index (χ1n) is 12.8. The first-order valence-corrected chi connectivity index (χ1v) is 12.8. The number of hydrogen-bond donors (Lipinski definition) is 0. The van der Waals surface area contributed by atoms with E-state index in [0.29, 0.717) is 0 Å². The van der Waals surface area contributed by atoms with Crippen LogP contribution in [0.3, 0.4) is 0 Å². The summed E-state index contributed by atoms with van der Waals surface area (Å²) < 4.78 is 12.0. The van der Waals surface area contributed by atoms with Gasteiger partial charge in [0.15, 0.2) is 0 Å². The van der Waals surface area contributed by atoms with Crippen molar-refractivity contribution in [3.63, 3.8) is 0 Å². The van der Waals surface area contributed by atoms with Gasteiger partial charge in [-0.1, -0.05) is 95.4 Å². The average Bonchev–Trinajstić information content (AvgIpc) is 2.83. The van der Waals surface area contributed by atoms with Crippen molar-refractivity contribution in [2.75, 3.05) is 13.2 Å². The molecule has 0 bridgehead atoms. The average molecular weight is 423 g/mol. The second-order valence-corrected chi connectivity index (χ2v) is 9.19. The molecule has 0 aliphatic heterocycles. The minimum Gasteiger partial charge on any atom is -0.494 e. The molecule has 2 aromatic rings. The lowest BCUT2D eigenvalue weighted by atomic mass is 9.90. The first-order chi connectivity index (χ1) is 15.3. The molecule has 3 rings (SSSR count). The van der Waals surface area contributed by atoms with Gasteiger partial charge in [0, 0.05) is 0 Å². The van der Waals surface area contributed by atoms with Crippen molar-refractivity contribution in [2.24, 2.45) is 5.92 Å². The summed E-state index contributed by atoms with van der Waals surface area (Å²) in [5, 5.41) is 0. The van der Waals surface area contributed by atoms with Gasteiger partial charge < -0.3 is 9.47 Å². The predicted molar refractivity (Wildman–Crippen MR) is 132 cm³/mol. The van der Waals surface area contributed by atoms with Crippen molar-refractivity contribution in [1.82, 2.24) is 0 Å². The Labute approximate surface area is 190 Å². The van der Waals surface area contributed by atoms with Gasteiger partial charge in [0.25, 0.3) is 0 Å². The van der Waals surface area contributed by atoms with Crippen LogP contribution < -0.4 is 9.47 Å². The Morgan fingerprint density at radius 2 is 1.13 bits per heavy atom. The number of ether oxygens (including phenoxy) is 2. The SMILES string of the molecule is CCCCCCCCCCOc1ccc(-c2ccc(OCC3CCCCC3)cc2)cc1. The number of rotatable bonds is 14. The fourth-order valence-electron chi connectivity index (χ4n) is 4.48. The van der Waals surface area contributed by atoms with Gasteiger partial charge in [0.1, 0.15) is 11.5 Å². The van der Waals surface area contributed by atoms with Crippen LogP contribution in [0.2, 0.25) is 0 Å². The second-order valence-electron chi connectivity index (χ2n) is 9.19. The largest absolute Gasteiger partial charge is 0.494 e. The van der Waals surface area contributed by atoms with Crippen molar-refractivity contribution in [2.45, 2.75) is 90.4 Å². The molecule has 2 aromatic carbocycles. The number of hydrogen-bond acceptors (Lipinski definition) is 2. The van der Waals surface area contributed by atoms with E-state index in [9.17, 15) is 0 Å². The molecule has 1 saturated carbocycles. The molecule has 0 spiro atoms. The van der Waals surface area contributed by atoms with E-state index < -0.39 is 0 Å². The summed E-state index contributed by atoms with van der Waals surface area (Å²) in [6.07, 6.45) is 17.4. The van der Waals surface area contributed by atoms with Gasteiger partial charge in [-0.05, 0) is 60.6 Å². The standard InChI is InChI=1S/C29H42O2/c1-2-3-4-5-6-7-8-12-23-30-28-19-15-26(16-20-28)27-17-21-29(22-18-27)31-24-25-13-10-9-11-14-25/h15-22,25H,2-14,23-24H2,1H3. The molecule has 0 atom stereocenters. The second kappa shape index (κ2) is 14.2. The summed E-state index contributed by atoms with van der Waals surface area (Å²) >= 11 is 0. The Morgan fingerprint density at radius 3 is 1.71 bits per heavy atom. The van der Waals surface area contributed by atoms with Gasteiger partial charge in [0.2, 0.25) is 0 Å². The molecule has 0 amide bonds. The summed E-state index contributed by atoms with van der Waals surface area (Å²) in [7, 11) is 0. The molecule has 0 saturated heterocycles. The third-order valence-corrected chi connectivity index (χ3v) is 6.52. The molecule has 0 unspecified atom stereocenters. The van der Waals surface area contributed by atoms with E-state index in [1.807, 2.05) is 0 Å². The minimum atomic E-state index is 0.742. The highest BCUT2D eigenvalue weighted by atomic mass is 16.5. The molecule has 31 heavy (non-hydrogen) atoms. The van der Waals surface area contributed by atoms with E-state index in [0.717, 1.165) is 37.1 Å². The molecule has 0 N–H and O–H groups in total. The summed E-state index contributed by atoms with van der Waals surface area (Å²) in [6, 6.07) is 17.0. The number of unbranched alkanes of at least 4 members (excludes halogenated alkanes) is 7. The molecule has 0 aromatic heterocycles. The fraction of sp³-hybridized carbons (Fsp3) is 0.586. The van der Waals surface area contributed by atoms with E-state index in [4.69, 9.17) is 9.47 Å². The molecular formula is C29H42O2. The summed E-state index contributed by atoms with van der Waals surface area (Å²) in [6.45, 7) is 3.96. The zero-order valence-electron chi connectivity index (χ0n) is 19.6. The summed E-state index contributed by atoms with van der Waals surface area (Å²) in [5.41, 5.74) is 2.44. The highest BCUT2D eigenvalue weighted by Crippen LogP contribution is 2.27. The van der Waals surface area contributed by atoms with Crippen LogP contribution in [0.5, 0.6) is 11.5 Å². The fourth-order valence-corrected chi connectivity index (χ4v) is 4.48. The van der Waals surface area contributed by atoms with Crippen LogP contribution in [0.1, 0.15) is 90.4 Å². The van der Waals surface area contributed by atoms with Gasteiger partial charge >= 0.3 is 0 Å². The van der Waals surface area contributed by atoms with Gasteiger partial charge in [-0.25, -0.2) is 0 Å². The van der Waals surface area contributed by atoms with Gasteiger partial charge in [-0.3, -0.25) is 0 Å². The molecule has 170 valence electrons. The quantitative estimate of drug-likeness (QED) is 0.283. The zero-order chi connectivity index (χ0) is 21.6. The molecule has 1 fully saturated rings. The predicted octanol–water partition coefficient (Wildman–Crippen LogP) is 8.83. The third-order valence-electron chi connectivity index (χ3n) is 6.52. The van der Waals surface area contributed by atoms with Crippen LogP contribution in [0.4, 0.5) is 0 Å². The first kappa shape index (κ1) is 23.7. The maximum Gasteiger partial charge on any atom is 0.119 e. The Kier molecular flexibility index (Phi) is 10.8.